The van der Waals surface area contributed by atoms with E-state index in [1.807, 2.05) is 30.3 Å². The Morgan fingerprint density at radius 3 is 2.54 bits per heavy atom. The Kier molecular flexibility index (Phi) is 4.35. The van der Waals surface area contributed by atoms with E-state index in [2.05, 4.69) is 15.3 Å². The Balaban J connectivity index is 1.51. The van der Waals surface area contributed by atoms with E-state index in [-0.39, 0.29) is 17.5 Å². The molecule has 0 aliphatic carbocycles. The third-order valence-electron chi connectivity index (χ3n) is 4.74. The summed E-state index contributed by atoms with van der Waals surface area (Å²) in [5.41, 5.74) is 2.21. The van der Waals surface area contributed by atoms with Crippen molar-refractivity contribution >= 4 is 5.91 Å². The summed E-state index contributed by atoms with van der Waals surface area (Å²) >= 11 is 0. The number of rotatable bonds is 3. The minimum Gasteiger partial charge on any atom is -0.338 e. The molecule has 1 amide bonds. The number of aromatic amines is 1. The molecule has 1 aliphatic rings. The molecule has 7 nitrogen and oxygen atoms in total. The lowest BCUT2D eigenvalue weighted by Crippen LogP contribution is -2.41. The quantitative estimate of drug-likeness (QED) is 0.785. The summed E-state index contributed by atoms with van der Waals surface area (Å²) in [6.45, 7) is 1.19. The predicted molar refractivity (Wildman–Crippen MR) is 96.7 cm³/mol. The molecular formula is C19H19N5O2. The first-order valence-electron chi connectivity index (χ1n) is 8.66. The number of aromatic nitrogens is 4. The van der Waals surface area contributed by atoms with Gasteiger partial charge in [-0.05, 0) is 18.9 Å². The number of piperidine rings is 1. The fourth-order valence-electron chi connectivity index (χ4n) is 3.31. The molecule has 7 heteroatoms. The summed E-state index contributed by atoms with van der Waals surface area (Å²) in [7, 11) is 0. The van der Waals surface area contributed by atoms with E-state index in [4.69, 9.17) is 0 Å². The van der Waals surface area contributed by atoms with Gasteiger partial charge in [0.25, 0.3) is 11.5 Å². The number of hydrogen-bond acceptors (Lipinski definition) is 4. The lowest BCUT2D eigenvalue weighted by Gasteiger charge is -2.32. The van der Waals surface area contributed by atoms with Gasteiger partial charge in [0, 0.05) is 30.9 Å². The molecule has 0 unspecified atom stereocenters. The molecule has 0 radical (unpaired) electrons. The van der Waals surface area contributed by atoms with Gasteiger partial charge < -0.3 is 4.90 Å². The normalized spacial score (nSPS) is 15.2. The third kappa shape index (κ3) is 3.15. The van der Waals surface area contributed by atoms with Crippen LogP contribution in [0.25, 0.3) is 11.3 Å². The van der Waals surface area contributed by atoms with E-state index in [1.54, 1.807) is 27.9 Å². The van der Waals surface area contributed by atoms with Crippen LogP contribution in [0.15, 0.2) is 59.7 Å². The second kappa shape index (κ2) is 6.95. The van der Waals surface area contributed by atoms with Crippen LogP contribution >= 0.6 is 0 Å². The van der Waals surface area contributed by atoms with E-state index < -0.39 is 0 Å². The molecule has 0 atom stereocenters. The smallest absolute Gasteiger partial charge is 0.267 e. The van der Waals surface area contributed by atoms with Crippen molar-refractivity contribution in [2.24, 2.45) is 0 Å². The maximum absolute atomic E-state index is 12.4. The number of nitrogens with zero attached hydrogens (tertiary/aromatic N) is 4. The maximum Gasteiger partial charge on any atom is 0.267 e. The second-order valence-electron chi connectivity index (χ2n) is 6.38. The van der Waals surface area contributed by atoms with Crippen LogP contribution in [0.2, 0.25) is 0 Å². The summed E-state index contributed by atoms with van der Waals surface area (Å²) in [5, 5.41) is 11.1. The number of likely N-dealkylation sites (tertiary alicyclic amines) is 1. The molecule has 132 valence electrons. The number of H-pyrrole nitrogens is 1. The molecule has 2 aromatic heterocycles. The van der Waals surface area contributed by atoms with E-state index in [9.17, 15) is 9.59 Å². The minimum atomic E-state index is -0.107. The molecule has 3 aromatic rings. The molecule has 0 bridgehead atoms. The second-order valence-corrected chi connectivity index (χ2v) is 6.38. The van der Waals surface area contributed by atoms with E-state index in [0.717, 1.165) is 11.3 Å². The van der Waals surface area contributed by atoms with Gasteiger partial charge in [-0.3, -0.25) is 14.7 Å². The van der Waals surface area contributed by atoms with Gasteiger partial charge in [-0.15, -0.1) is 0 Å². The number of benzene rings is 1. The van der Waals surface area contributed by atoms with Gasteiger partial charge in [0.2, 0.25) is 0 Å². The van der Waals surface area contributed by atoms with Crippen LogP contribution in [0.1, 0.15) is 29.2 Å². The van der Waals surface area contributed by atoms with Crippen LogP contribution in [-0.4, -0.2) is 43.9 Å². The lowest BCUT2D eigenvalue weighted by molar-refractivity contribution is 0.0688. The summed E-state index contributed by atoms with van der Waals surface area (Å²) in [6, 6.07) is 13.1. The van der Waals surface area contributed by atoms with Crippen molar-refractivity contribution in [2.75, 3.05) is 13.1 Å². The van der Waals surface area contributed by atoms with Gasteiger partial charge in [0.15, 0.2) is 0 Å². The van der Waals surface area contributed by atoms with Gasteiger partial charge >= 0.3 is 0 Å². The SMILES string of the molecule is O=C(c1cn[nH]c1)N1CCC(n2nc(-c3ccccc3)ccc2=O)CC1. The van der Waals surface area contributed by atoms with Gasteiger partial charge in [0.1, 0.15) is 0 Å². The molecule has 0 saturated carbocycles. The van der Waals surface area contributed by atoms with Crippen molar-refractivity contribution in [1.82, 2.24) is 24.9 Å². The Morgan fingerprint density at radius 2 is 1.85 bits per heavy atom. The van der Waals surface area contributed by atoms with Gasteiger partial charge in [-0.1, -0.05) is 30.3 Å². The molecule has 1 fully saturated rings. The van der Waals surface area contributed by atoms with Crippen molar-refractivity contribution in [2.45, 2.75) is 18.9 Å². The zero-order chi connectivity index (χ0) is 17.9. The summed E-state index contributed by atoms with van der Waals surface area (Å²) in [4.78, 5) is 26.5. The first-order chi connectivity index (χ1) is 12.7. The van der Waals surface area contributed by atoms with Crippen molar-refractivity contribution in [3.8, 4) is 11.3 Å². The van der Waals surface area contributed by atoms with E-state index >= 15 is 0 Å². The Bertz CT molecular complexity index is 942. The molecule has 1 N–H and O–H groups in total. The maximum atomic E-state index is 12.4. The van der Waals surface area contributed by atoms with Crippen LogP contribution in [0, 0.1) is 0 Å². The standard InChI is InChI=1S/C19H19N5O2/c25-18-7-6-17(14-4-2-1-3-5-14)22-24(18)16-8-10-23(11-9-16)19(26)15-12-20-21-13-15/h1-7,12-13,16H,8-11H2,(H,20,21). The number of hydrogen-bond donors (Lipinski definition) is 1. The molecule has 3 heterocycles. The third-order valence-corrected chi connectivity index (χ3v) is 4.74. The highest BCUT2D eigenvalue weighted by Gasteiger charge is 2.26. The Morgan fingerprint density at radius 1 is 1.08 bits per heavy atom. The van der Waals surface area contributed by atoms with Crippen molar-refractivity contribution < 1.29 is 4.79 Å². The van der Waals surface area contributed by atoms with Crippen molar-refractivity contribution in [3.05, 3.63) is 70.8 Å². The van der Waals surface area contributed by atoms with Gasteiger partial charge in [-0.25, -0.2) is 4.68 Å². The van der Waals surface area contributed by atoms with Crippen LogP contribution in [0.5, 0.6) is 0 Å². The van der Waals surface area contributed by atoms with Gasteiger partial charge in [0.05, 0.1) is 23.5 Å². The largest absolute Gasteiger partial charge is 0.338 e. The van der Waals surface area contributed by atoms with E-state index in [0.29, 0.717) is 31.5 Å². The zero-order valence-corrected chi connectivity index (χ0v) is 14.2. The highest BCUT2D eigenvalue weighted by molar-refractivity contribution is 5.93. The molecule has 1 aromatic carbocycles. The molecule has 0 spiro atoms. The molecular weight excluding hydrogens is 330 g/mol. The van der Waals surface area contributed by atoms with Crippen LogP contribution < -0.4 is 5.56 Å². The number of carbonyl (C=O) groups excluding carboxylic acids is 1. The highest BCUT2D eigenvalue weighted by Crippen LogP contribution is 2.23. The topological polar surface area (TPSA) is 83.9 Å². The van der Waals surface area contributed by atoms with Crippen LogP contribution in [0.3, 0.4) is 0 Å². The van der Waals surface area contributed by atoms with Crippen LogP contribution in [0.4, 0.5) is 0 Å². The highest BCUT2D eigenvalue weighted by atomic mass is 16.2. The number of carbonyl (C=O) groups is 1. The Labute approximate surface area is 150 Å². The first kappa shape index (κ1) is 16.3. The number of nitrogens with one attached hydrogen (secondary N) is 1. The van der Waals surface area contributed by atoms with Gasteiger partial charge in [-0.2, -0.15) is 10.2 Å². The lowest BCUT2D eigenvalue weighted by atomic mass is 10.0. The first-order valence-corrected chi connectivity index (χ1v) is 8.66. The fourth-order valence-corrected chi connectivity index (χ4v) is 3.31. The molecule has 4 rings (SSSR count). The summed E-state index contributed by atoms with van der Waals surface area (Å²) in [6.07, 6.45) is 4.54. The average Bonchev–Trinajstić information content (AvgIpc) is 3.23. The molecule has 1 saturated heterocycles. The monoisotopic (exact) mass is 349 g/mol. The summed E-state index contributed by atoms with van der Waals surface area (Å²) < 4.78 is 1.57. The fraction of sp³-hybridized carbons (Fsp3) is 0.263. The van der Waals surface area contributed by atoms with Crippen molar-refractivity contribution in [1.29, 1.82) is 0 Å². The minimum absolute atomic E-state index is 0.000406. The number of amides is 1. The molecule has 26 heavy (non-hydrogen) atoms. The average molecular weight is 349 g/mol. The predicted octanol–water partition coefficient (Wildman–Crippen LogP) is 2.11. The molecule has 1 aliphatic heterocycles. The van der Waals surface area contributed by atoms with E-state index in [1.165, 1.54) is 6.20 Å². The van der Waals surface area contributed by atoms with Crippen LogP contribution in [-0.2, 0) is 0 Å². The summed E-state index contributed by atoms with van der Waals surface area (Å²) in [5.74, 6) is -0.0319. The Hall–Kier alpha value is -3.22. The van der Waals surface area contributed by atoms with Crippen molar-refractivity contribution in [3.63, 3.8) is 0 Å². The zero-order valence-electron chi connectivity index (χ0n) is 14.2.